The fourth-order valence-corrected chi connectivity index (χ4v) is 4.81. The van der Waals surface area contributed by atoms with Gasteiger partial charge in [0.05, 0.1) is 13.0 Å². The Bertz CT molecular complexity index is 1240. The molecule has 0 aliphatic carbocycles. The second-order valence-electron chi connectivity index (χ2n) is 9.21. The Morgan fingerprint density at radius 3 is 2.06 bits per heavy atom. The lowest BCUT2D eigenvalue weighted by Gasteiger charge is -2.37. The van der Waals surface area contributed by atoms with E-state index in [0.717, 1.165) is 12.1 Å². The van der Waals surface area contributed by atoms with E-state index in [1.165, 1.54) is 27.8 Å². The van der Waals surface area contributed by atoms with Crippen LogP contribution in [-0.4, -0.2) is 17.5 Å². The maximum atomic E-state index is 12.9. The summed E-state index contributed by atoms with van der Waals surface area (Å²) in [4.78, 5) is 15.3. The van der Waals surface area contributed by atoms with Gasteiger partial charge in [-0.2, -0.15) is 0 Å². The molecule has 0 amide bonds. The smallest absolute Gasteiger partial charge is 0.307 e. The Morgan fingerprint density at radius 2 is 1.42 bits per heavy atom. The monoisotopic (exact) mass is 477 g/mol. The molecule has 0 aliphatic heterocycles. The Hall–Kier alpha value is -3.69. The van der Waals surface area contributed by atoms with Gasteiger partial charge in [-0.05, 0) is 60.2 Å². The Morgan fingerprint density at radius 1 is 0.806 bits per heavy atom. The lowest BCUT2D eigenvalue weighted by molar-refractivity contribution is -0.145. The van der Waals surface area contributed by atoms with Crippen LogP contribution in [0.2, 0.25) is 0 Å². The predicted octanol–water partition coefficient (Wildman–Crippen LogP) is 7.92. The third-order valence-corrected chi connectivity index (χ3v) is 6.78. The number of hydrogen-bond acceptors (Lipinski definition) is 3. The summed E-state index contributed by atoms with van der Waals surface area (Å²) < 4.78 is 5.45. The van der Waals surface area contributed by atoms with Crippen LogP contribution < -0.4 is 0 Å². The first-order valence-corrected chi connectivity index (χ1v) is 12.7. The van der Waals surface area contributed by atoms with E-state index in [0.29, 0.717) is 6.61 Å². The van der Waals surface area contributed by atoms with Crippen LogP contribution in [0, 0.1) is 6.92 Å². The molecule has 0 bridgehead atoms. The van der Waals surface area contributed by atoms with Crippen molar-refractivity contribution >= 4 is 5.97 Å². The van der Waals surface area contributed by atoms with Gasteiger partial charge >= 0.3 is 5.97 Å². The van der Waals surface area contributed by atoms with Gasteiger partial charge in [0.2, 0.25) is 0 Å². The summed E-state index contributed by atoms with van der Waals surface area (Å²) >= 11 is 0. The van der Waals surface area contributed by atoms with Gasteiger partial charge in [0.15, 0.2) is 0 Å². The van der Waals surface area contributed by atoms with Crippen molar-refractivity contribution in [2.45, 2.75) is 45.8 Å². The van der Waals surface area contributed by atoms with Crippen molar-refractivity contribution in [3.8, 4) is 11.1 Å². The van der Waals surface area contributed by atoms with Gasteiger partial charge in [0.25, 0.3) is 0 Å². The second-order valence-corrected chi connectivity index (χ2v) is 9.21. The van der Waals surface area contributed by atoms with Crippen LogP contribution in [0.4, 0.5) is 0 Å². The molecule has 184 valence electrons. The van der Waals surface area contributed by atoms with Crippen LogP contribution in [0.5, 0.6) is 0 Å². The molecular formula is C33H35NO2. The second kappa shape index (κ2) is 12.3. The summed E-state index contributed by atoms with van der Waals surface area (Å²) in [6.07, 6.45) is 0.287. The Balaban J connectivity index is 1.81. The number of carbonyl (C=O) groups excluding carboxylic acids is 1. The highest BCUT2D eigenvalue weighted by atomic mass is 16.5. The van der Waals surface area contributed by atoms with Crippen molar-refractivity contribution in [1.82, 2.24) is 4.90 Å². The summed E-state index contributed by atoms with van der Waals surface area (Å²) in [5.41, 5.74) is 7.13. The molecule has 0 saturated carbocycles. The molecule has 0 aliphatic rings. The first-order chi connectivity index (χ1) is 17.6. The molecule has 0 spiro atoms. The zero-order valence-corrected chi connectivity index (χ0v) is 21.4. The summed E-state index contributed by atoms with van der Waals surface area (Å²) in [6.45, 7) is 7.32. The topological polar surface area (TPSA) is 29.5 Å². The van der Waals surface area contributed by atoms with Gasteiger partial charge in [-0.25, -0.2) is 0 Å². The molecular weight excluding hydrogens is 442 g/mol. The summed E-state index contributed by atoms with van der Waals surface area (Å²) in [6, 6.07) is 38.0. The zero-order chi connectivity index (χ0) is 25.3. The molecule has 4 aromatic rings. The van der Waals surface area contributed by atoms with E-state index in [4.69, 9.17) is 4.74 Å². The molecule has 0 aromatic heterocycles. The number of esters is 1. The lowest BCUT2D eigenvalue weighted by atomic mass is 9.92. The molecule has 0 N–H and O–H groups in total. The SMILES string of the molecule is CCOC(=O)CC(c1ccc(C)c(-c2ccccc2)c1)N(Cc1ccccc1)C(C)c1ccccc1. The number of rotatable bonds is 10. The van der Waals surface area contributed by atoms with Gasteiger partial charge in [0.1, 0.15) is 0 Å². The zero-order valence-electron chi connectivity index (χ0n) is 21.4. The fourth-order valence-electron chi connectivity index (χ4n) is 4.81. The van der Waals surface area contributed by atoms with Crippen molar-refractivity contribution in [3.63, 3.8) is 0 Å². The number of carbonyl (C=O) groups is 1. The van der Waals surface area contributed by atoms with Crippen LogP contribution in [-0.2, 0) is 16.1 Å². The summed E-state index contributed by atoms with van der Waals surface area (Å²) in [5, 5.41) is 0. The highest BCUT2D eigenvalue weighted by molar-refractivity contribution is 5.72. The van der Waals surface area contributed by atoms with Gasteiger partial charge in [0, 0.05) is 18.6 Å². The predicted molar refractivity (Wildman–Crippen MR) is 147 cm³/mol. The maximum Gasteiger partial charge on any atom is 0.307 e. The average Bonchev–Trinajstić information content (AvgIpc) is 2.92. The molecule has 4 rings (SSSR count). The first-order valence-electron chi connectivity index (χ1n) is 12.7. The van der Waals surface area contributed by atoms with Gasteiger partial charge in [-0.3, -0.25) is 9.69 Å². The van der Waals surface area contributed by atoms with E-state index in [-0.39, 0.29) is 24.5 Å². The largest absolute Gasteiger partial charge is 0.466 e. The van der Waals surface area contributed by atoms with E-state index in [1.807, 2.05) is 25.1 Å². The molecule has 2 atom stereocenters. The van der Waals surface area contributed by atoms with E-state index < -0.39 is 0 Å². The van der Waals surface area contributed by atoms with E-state index in [9.17, 15) is 4.79 Å². The number of ether oxygens (including phenoxy) is 1. The molecule has 0 saturated heterocycles. The minimum Gasteiger partial charge on any atom is -0.466 e. The average molecular weight is 478 g/mol. The van der Waals surface area contributed by atoms with E-state index in [2.05, 4.69) is 110 Å². The minimum atomic E-state index is -0.178. The molecule has 4 aromatic carbocycles. The van der Waals surface area contributed by atoms with Crippen LogP contribution in [0.3, 0.4) is 0 Å². The standard InChI is InChI=1S/C33H35NO2/c1-4-36-33(35)23-32(30-21-20-25(2)31(22-30)29-18-12-7-13-19-29)34(24-27-14-8-5-9-15-27)26(3)28-16-10-6-11-17-28/h5-22,26,32H,4,23-24H2,1-3H3. The third kappa shape index (κ3) is 6.30. The summed E-state index contributed by atoms with van der Waals surface area (Å²) in [7, 11) is 0. The number of hydrogen-bond donors (Lipinski definition) is 0. The molecule has 3 heteroatoms. The van der Waals surface area contributed by atoms with Gasteiger partial charge < -0.3 is 4.74 Å². The van der Waals surface area contributed by atoms with Crippen molar-refractivity contribution in [2.24, 2.45) is 0 Å². The highest BCUT2D eigenvalue weighted by Crippen LogP contribution is 2.37. The van der Waals surface area contributed by atoms with Crippen molar-refractivity contribution in [1.29, 1.82) is 0 Å². The van der Waals surface area contributed by atoms with Crippen molar-refractivity contribution in [3.05, 3.63) is 131 Å². The van der Waals surface area contributed by atoms with E-state index in [1.54, 1.807) is 0 Å². The quantitative estimate of drug-likeness (QED) is 0.217. The highest BCUT2D eigenvalue weighted by Gasteiger charge is 2.29. The van der Waals surface area contributed by atoms with Gasteiger partial charge in [-0.1, -0.05) is 103 Å². The molecule has 2 unspecified atom stereocenters. The lowest BCUT2D eigenvalue weighted by Crippen LogP contribution is -2.33. The fraction of sp³-hybridized carbons (Fsp3) is 0.242. The molecule has 0 radical (unpaired) electrons. The molecule has 0 heterocycles. The maximum absolute atomic E-state index is 12.9. The summed E-state index contributed by atoms with van der Waals surface area (Å²) in [5.74, 6) is -0.178. The first kappa shape index (κ1) is 25.4. The number of nitrogens with zero attached hydrogens (tertiary/aromatic N) is 1. The van der Waals surface area contributed by atoms with Gasteiger partial charge in [-0.15, -0.1) is 0 Å². The number of aryl methyl sites for hydroxylation is 1. The third-order valence-electron chi connectivity index (χ3n) is 6.78. The molecule has 3 nitrogen and oxygen atoms in total. The van der Waals surface area contributed by atoms with E-state index >= 15 is 0 Å². The van der Waals surface area contributed by atoms with Crippen LogP contribution in [0.1, 0.15) is 54.6 Å². The van der Waals surface area contributed by atoms with Crippen molar-refractivity contribution in [2.75, 3.05) is 6.61 Å². The normalized spacial score (nSPS) is 12.8. The van der Waals surface area contributed by atoms with Crippen LogP contribution in [0.25, 0.3) is 11.1 Å². The number of benzene rings is 4. The van der Waals surface area contributed by atoms with Crippen LogP contribution >= 0.6 is 0 Å². The molecule has 0 fully saturated rings. The Labute approximate surface area is 215 Å². The minimum absolute atomic E-state index is 0.0901. The molecule has 36 heavy (non-hydrogen) atoms. The Kier molecular flexibility index (Phi) is 8.70. The van der Waals surface area contributed by atoms with Crippen molar-refractivity contribution < 1.29 is 9.53 Å². The van der Waals surface area contributed by atoms with Crippen LogP contribution in [0.15, 0.2) is 109 Å².